The van der Waals surface area contributed by atoms with E-state index in [4.69, 9.17) is 9.47 Å². The standard InChI is InChI=1S/C18H20O7.Na/c1-24-17-6-5-11(7-16(17)21)3-2-4-13-14(19)8-12(9-15(13)20)25-10-18(22)23;/h5-9,19-21H,2-4,10H2,1H3,(H,22,23);/q;+1/p-1. The fourth-order valence-corrected chi connectivity index (χ4v) is 2.46. The van der Waals surface area contributed by atoms with Gasteiger partial charge in [-0.1, -0.05) is 6.07 Å². The molecule has 8 heteroatoms. The Morgan fingerprint density at radius 1 is 1.04 bits per heavy atom. The number of aryl methyl sites for hydroxylation is 1. The molecule has 0 spiro atoms. The molecule has 26 heavy (non-hydrogen) atoms. The number of carbonyl (C=O) groups is 1. The number of rotatable bonds is 8. The minimum Gasteiger partial charge on any atom is -0.546 e. The van der Waals surface area contributed by atoms with Crippen LogP contribution >= 0.6 is 0 Å². The van der Waals surface area contributed by atoms with Gasteiger partial charge in [-0.25, -0.2) is 0 Å². The third-order valence-electron chi connectivity index (χ3n) is 3.67. The summed E-state index contributed by atoms with van der Waals surface area (Å²) in [7, 11) is 1.47. The van der Waals surface area contributed by atoms with Crippen molar-refractivity contribution in [3.63, 3.8) is 0 Å². The molecule has 0 aliphatic rings. The molecule has 0 aliphatic heterocycles. The third kappa shape index (κ3) is 6.01. The average molecular weight is 370 g/mol. The van der Waals surface area contributed by atoms with Crippen LogP contribution in [0.15, 0.2) is 30.3 Å². The maximum absolute atomic E-state index is 10.4. The first-order chi connectivity index (χ1) is 11.9. The van der Waals surface area contributed by atoms with Gasteiger partial charge in [-0.15, -0.1) is 0 Å². The van der Waals surface area contributed by atoms with Crippen LogP contribution in [0.3, 0.4) is 0 Å². The summed E-state index contributed by atoms with van der Waals surface area (Å²) >= 11 is 0. The van der Waals surface area contributed by atoms with Crippen LogP contribution in [0.25, 0.3) is 0 Å². The number of carbonyl (C=O) groups excluding carboxylic acids is 1. The van der Waals surface area contributed by atoms with Crippen LogP contribution in [0.5, 0.6) is 28.7 Å². The van der Waals surface area contributed by atoms with Gasteiger partial charge >= 0.3 is 29.6 Å². The quantitative estimate of drug-likeness (QED) is 0.465. The van der Waals surface area contributed by atoms with E-state index in [2.05, 4.69) is 0 Å². The molecule has 0 aromatic heterocycles. The Labute approximate surface area is 173 Å². The van der Waals surface area contributed by atoms with Crippen LogP contribution in [0.4, 0.5) is 0 Å². The van der Waals surface area contributed by atoms with Gasteiger partial charge in [0.25, 0.3) is 0 Å². The van der Waals surface area contributed by atoms with E-state index in [-0.39, 0.29) is 52.6 Å². The second-order valence-electron chi connectivity index (χ2n) is 5.46. The molecule has 0 bridgehead atoms. The van der Waals surface area contributed by atoms with Gasteiger partial charge in [0.1, 0.15) is 23.9 Å². The zero-order chi connectivity index (χ0) is 18.4. The second kappa shape index (κ2) is 10.2. The van der Waals surface area contributed by atoms with Crippen LogP contribution in [0.2, 0.25) is 0 Å². The summed E-state index contributed by atoms with van der Waals surface area (Å²) in [6.45, 7) is -0.667. The van der Waals surface area contributed by atoms with E-state index in [0.29, 0.717) is 30.6 Å². The molecule has 0 unspecified atom stereocenters. The molecule has 134 valence electrons. The first-order valence-corrected chi connectivity index (χ1v) is 7.64. The van der Waals surface area contributed by atoms with E-state index >= 15 is 0 Å². The Morgan fingerprint density at radius 3 is 2.23 bits per heavy atom. The molecule has 0 heterocycles. The predicted octanol–water partition coefficient (Wildman–Crippen LogP) is -1.88. The predicted molar refractivity (Wildman–Crippen MR) is 87.0 cm³/mol. The van der Waals surface area contributed by atoms with Gasteiger partial charge < -0.3 is 34.7 Å². The molecule has 0 amide bonds. The van der Waals surface area contributed by atoms with E-state index in [9.17, 15) is 25.2 Å². The van der Waals surface area contributed by atoms with Crippen molar-refractivity contribution < 1.29 is 64.3 Å². The van der Waals surface area contributed by atoms with Gasteiger partial charge in [0, 0.05) is 17.7 Å². The summed E-state index contributed by atoms with van der Waals surface area (Å²) in [6, 6.07) is 7.60. The molecule has 3 N–H and O–H groups in total. The second-order valence-corrected chi connectivity index (χ2v) is 5.46. The molecule has 0 radical (unpaired) electrons. The third-order valence-corrected chi connectivity index (χ3v) is 3.67. The van der Waals surface area contributed by atoms with Crippen LogP contribution in [0.1, 0.15) is 17.5 Å². The molecule has 0 atom stereocenters. The number of aromatic hydroxyl groups is 3. The van der Waals surface area contributed by atoms with Crippen molar-refractivity contribution in [1.82, 2.24) is 0 Å². The van der Waals surface area contributed by atoms with Gasteiger partial charge in [0.05, 0.1) is 13.1 Å². The van der Waals surface area contributed by atoms with E-state index < -0.39 is 12.6 Å². The number of carboxylic acids is 1. The summed E-state index contributed by atoms with van der Waals surface area (Å²) < 4.78 is 9.85. The molecular formula is C18H19NaO7. The molecule has 7 nitrogen and oxygen atoms in total. The van der Waals surface area contributed by atoms with E-state index in [1.165, 1.54) is 19.2 Å². The van der Waals surface area contributed by atoms with E-state index in [1.807, 2.05) is 6.07 Å². The van der Waals surface area contributed by atoms with Crippen molar-refractivity contribution in [2.45, 2.75) is 19.3 Å². The Balaban J connectivity index is 0.00000338. The van der Waals surface area contributed by atoms with Crippen LogP contribution in [-0.2, 0) is 17.6 Å². The van der Waals surface area contributed by atoms with Gasteiger partial charge in [0.15, 0.2) is 11.5 Å². The summed E-state index contributed by atoms with van der Waals surface area (Å²) in [5, 5.41) is 40.1. The van der Waals surface area contributed by atoms with E-state index in [0.717, 1.165) is 5.56 Å². The van der Waals surface area contributed by atoms with E-state index in [1.54, 1.807) is 12.1 Å². The Kier molecular flexibility index (Phi) is 8.57. The minimum absolute atomic E-state index is 0. The molecular weight excluding hydrogens is 351 g/mol. The molecule has 2 aromatic carbocycles. The van der Waals surface area contributed by atoms with Crippen molar-refractivity contribution in [1.29, 1.82) is 0 Å². The van der Waals surface area contributed by atoms with Crippen LogP contribution in [-0.4, -0.2) is 35.0 Å². The number of aliphatic carboxylic acids is 1. The Morgan fingerprint density at radius 2 is 1.69 bits per heavy atom. The van der Waals surface area contributed by atoms with Crippen molar-refractivity contribution in [3.8, 4) is 28.7 Å². The number of phenolic OH excluding ortho intramolecular Hbond substituents is 3. The Hall–Kier alpha value is -2.09. The van der Waals surface area contributed by atoms with Crippen LogP contribution < -0.4 is 44.1 Å². The van der Waals surface area contributed by atoms with Crippen molar-refractivity contribution in [2.75, 3.05) is 13.7 Å². The first-order valence-electron chi connectivity index (χ1n) is 7.64. The number of benzene rings is 2. The number of ether oxygens (including phenoxy) is 2. The summed E-state index contributed by atoms with van der Waals surface area (Å²) in [5.41, 5.74) is 1.24. The molecule has 2 aromatic rings. The maximum atomic E-state index is 10.4. The van der Waals surface area contributed by atoms with Gasteiger partial charge in [-0.05, 0) is 37.0 Å². The molecule has 0 saturated heterocycles. The van der Waals surface area contributed by atoms with Crippen LogP contribution in [0, 0.1) is 0 Å². The first kappa shape index (κ1) is 22.0. The zero-order valence-electron chi connectivity index (χ0n) is 14.7. The van der Waals surface area contributed by atoms with Gasteiger partial charge in [-0.3, -0.25) is 0 Å². The Bertz CT molecular complexity index is 738. The van der Waals surface area contributed by atoms with Gasteiger partial charge in [0.2, 0.25) is 0 Å². The monoisotopic (exact) mass is 370 g/mol. The number of methoxy groups -OCH3 is 1. The summed E-state index contributed by atoms with van der Waals surface area (Å²) in [5.74, 6) is -1.25. The fraction of sp³-hybridized carbons (Fsp3) is 0.278. The largest absolute Gasteiger partial charge is 1.00 e. The fourth-order valence-electron chi connectivity index (χ4n) is 2.46. The van der Waals surface area contributed by atoms with Crippen molar-refractivity contribution >= 4 is 5.97 Å². The van der Waals surface area contributed by atoms with Crippen molar-refractivity contribution in [3.05, 3.63) is 41.5 Å². The SMILES string of the molecule is COc1ccc(CCCc2c(O)cc(OCC(=O)[O-])cc2O)cc1O.[Na+]. The zero-order valence-corrected chi connectivity index (χ0v) is 16.7. The average Bonchev–Trinajstić information content (AvgIpc) is 2.55. The number of phenols is 3. The van der Waals surface area contributed by atoms with Crippen molar-refractivity contribution in [2.24, 2.45) is 0 Å². The topological polar surface area (TPSA) is 119 Å². The molecule has 0 aliphatic carbocycles. The summed E-state index contributed by atoms with van der Waals surface area (Å²) in [6.07, 6.45) is 1.64. The normalized spacial score (nSPS) is 10.0. The van der Waals surface area contributed by atoms with Gasteiger partial charge in [-0.2, -0.15) is 0 Å². The molecule has 2 rings (SSSR count). The summed E-state index contributed by atoms with van der Waals surface area (Å²) in [4.78, 5) is 10.4. The smallest absolute Gasteiger partial charge is 0.546 e. The maximum Gasteiger partial charge on any atom is 1.00 e. The molecule has 0 fully saturated rings. The molecule has 0 saturated carbocycles. The number of carboxylic acid groups (broad SMARTS) is 1. The number of hydrogen-bond donors (Lipinski definition) is 3. The minimum atomic E-state index is -1.40. The number of hydrogen-bond acceptors (Lipinski definition) is 7.